The highest BCUT2D eigenvalue weighted by atomic mass is 19.1. The molecule has 1 amide bonds. The second-order valence-corrected chi connectivity index (χ2v) is 5.09. The van der Waals surface area contributed by atoms with Gasteiger partial charge in [-0.3, -0.25) is 9.59 Å². The van der Waals surface area contributed by atoms with Crippen molar-refractivity contribution in [3.63, 3.8) is 0 Å². The molecule has 2 aromatic heterocycles. The van der Waals surface area contributed by atoms with E-state index in [4.69, 9.17) is 5.73 Å². The van der Waals surface area contributed by atoms with Crippen LogP contribution in [0.4, 0.5) is 8.78 Å². The predicted molar refractivity (Wildman–Crippen MR) is 79.1 cm³/mol. The van der Waals surface area contributed by atoms with Crippen LogP contribution >= 0.6 is 0 Å². The number of pyridine rings is 1. The van der Waals surface area contributed by atoms with Gasteiger partial charge in [-0.2, -0.15) is 0 Å². The van der Waals surface area contributed by atoms with Crippen LogP contribution in [-0.4, -0.2) is 21.7 Å². The number of nitrogens with zero attached hydrogens (tertiary/aromatic N) is 1. The molecule has 3 aromatic rings. The highest BCUT2D eigenvalue weighted by Crippen LogP contribution is 2.25. The smallest absolute Gasteiger partial charge is 0.251 e. The molecule has 0 fully saturated rings. The second-order valence-electron chi connectivity index (χ2n) is 5.09. The number of hydrogen-bond donors (Lipinski definition) is 2. The first-order valence-electron chi connectivity index (χ1n) is 6.66. The zero-order valence-electron chi connectivity index (χ0n) is 12.0. The van der Waals surface area contributed by atoms with Crippen LogP contribution in [0, 0.1) is 18.6 Å². The molecule has 0 bridgehead atoms. The Kier molecular flexibility index (Phi) is 3.40. The van der Waals surface area contributed by atoms with Crippen molar-refractivity contribution in [3.05, 3.63) is 64.5 Å². The average Bonchev–Trinajstić information content (AvgIpc) is 2.89. The summed E-state index contributed by atoms with van der Waals surface area (Å²) in [5.41, 5.74) is 4.96. The van der Waals surface area contributed by atoms with Crippen molar-refractivity contribution >= 4 is 22.7 Å². The van der Waals surface area contributed by atoms with Crippen LogP contribution in [0.1, 0.15) is 31.8 Å². The zero-order chi connectivity index (χ0) is 16.7. The lowest BCUT2D eigenvalue weighted by Gasteiger charge is -2.06. The molecular formula is C16H11F2N3O2. The van der Waals surface area contributed by atoms with Gasteiger partial charge in [0.15, 0.2) is 0 Å². The van der Waals surface area contributed by atoms with Crippen molar-refractivity contribution in [2.24, 2.45) is 5.73 Å². The number of nitrogens with one attached hydrogen (secondary N) is 1. The first-order valence-corrected chi connectivity index (χ1v) is 6.66. The minimum atomic E-state index is -1.27. The maximum Gasteiger partial charge on any atom is 0.251 e. The molecule has 0 aliphatic rings. The number of fused-ring (bicyclic) bond motifs is 1. The fourth-order valence-corrected chi connectivity index (χ4v) is 2.38. The van der Waals surface area contributed by atoms with Gasteiger partial charge in [0.2, 0.25) is 5.78 Å². The molecule has 0 radical (unpaired) electrons. The summed E-state index contributed by atoms with van der Waals surface area (Å²) in [7, 11) is 0. The standard InChI is InChI=1S/C16H11F2N3O2/c1-7-4-9-10(6-21-16(9)20-5-7)14(22)12-11(17)3-2-8(13(12)18)15(19)23/h2-6H,1H3,(H2,19,23)(H,20,21). The zero-order valence-corrected chi connectivity index (χ0v) is 12.0. The van der Waals surface area contributed by atoms with E-state index in [1.54, 1.807) is 19.2 Å². The number of H-pyrrole nitrogens is 1. The Morgan fingerprint density at radius 2 is 1.96 bits per heavy atom. The Hall–Kier alpha value is -3.09. The Balaban J connectivity index is 2.22. The van der Waals surface area contributed by atoms with E-state index in [0.717, 1.165) is 17.7 Å². The van der Waals surface area contributed by atoms with Crippen molar-refractivity contribution in [3.8, 4) is 0 Å². The second kappa shape index (κ2) is 5.28. The van der Waals surface area contributed by atoms with Gasteiger partial charge in [0.25, 0.3) is 5.91 Å². The summed E-state index contributed by atoms with van der Waals surface area (Å²) in [5.74, 6) is -4.29. The van der Waals surface area contributed by atoms with E-state index in [2.05, 4.69) is 9.97 Å². The fraction of sp³-hybridized carbons (Fsp3) is 0.0625. The Morgan fingerprint density at radius 3 is 2.65 bits per heavy atom. The van der Waals surface area contributed by atoms with Crippen LogP contribution in [0.3, 0.4) is 0 Å². The number of hydrogen-bond acceptors (Lipinski definition) is 3. The van der Waals surface area contributed by atoms with Crippen LogP contribution in [0.5, 0.6) is 0 Å². The Morgan fingerprint density at radius 1 is 1.22 bits per heavy atom. The van der Waals surface area contributed by atoms with Crippen LogP contribution in [0.15, 0.2) is 30.6 Å². The number of aromatic nitrogens is 2. The van der Waals surface area contributed by atoms with Crippen molar-refractivity contribution in [2.45, 2.75) is 6.92 Å². The van der Waals surface area contributed by atoms with Crippen molar-refractivity contribution in [1.82, 2.24) is 9.97 Å². The minimum absolute atomic E-state index is 0.0654. The SMILES string of the molecule is Cc1cnc2[nH]cc(C(=O)c3c(F)ccc(C(N)=O)c3F)c2c1. The monoisotopic (exact) mass is 315 g/mol. The Bertz CT molecular complexity index is 963. The topological polar surface area (TPSA) is 88.8 Å². The molecule has 0 saturated carbocycles. The first kappa shape index (κ1) is 14.8. The molecule has 3 rings (SSSR count). The number of carbonyl (C=O) groups excluding carboxylic acids is 2. The average molecular weight is 315 g/mol. The van der Waals surface area contributed by atoms with Gasteiger partial charge in [-0.1, -0.05) is 0 Å². The maximum atomic E-state index is 14.3. The minimum Gasteiger partial charge on any atom is -0.366 e. The molecule has 0 unspecified atom stereocenters. The van der Waals surface area contributed by atoms with Gasteiger partial charge in [-0.25, -0.2) is 13.8 Å². The number of aryl methyl sites for hydroxylation is 1. The number of benzene rings is 1. The van der Waals surface area contributed by atoms with Crippen molar-refractivity contribution in [2.75, 3.05) is 0 Å². The number of carbonyl (C=O) groups is 2. The van der Waals surface area contributed by atoms with Crippen LogP contribution in [-0.2, 0) is 0 Å². The number of aromatic amines is 1. The molecule has 0 spiro atoms. The van der Waals surface area contributed by atoms with Gasteiger partial charge >= 0.3 is 0 Å². The third-order valence-electron chi connectivity index (χ3n) is 3.50. The predicted octanol–water partition coefficient (Wildman–Crippen LogP) is 2.48. The molecule has 0 aliphatic heterocycles. The van der Waals surface area contributed by atoms with Gasteiger partial charge in [0, 0.05) is 23.3 Å². The van der Waals surface area contributed by atoms with E-state index in [1.807, 2.05) is 0 Å². The summed E-state index contributed by atoms with van der Waals surface area (Å²) in [6, 6.07) is 3.43. The van der Waals surface area contributed by atoms with Gasteiger partial charge < -0.3 is 10.7 Å². The van der Waals surface area contributed by atoms with Crippen molar-refractivity contribution in [1.29, 1.82) is 0 Å². The molecule has 2 heterocycles. The lowest BCUT2D eigenvalue weighted by Crippen LogP contribution is -2.17. The number of nitrogens with two attached hydrogens (primary N) is 1. The number of halogens is 2. The molecule has 0 atom stereocenters. The van der Waals surface area contributed by atoms with Gasteiger partial charge in [0.05, 0.1) is 11.1 Å². The highest BCUT2D eigenvalue weighted by Gasteiger charge is 2.25. The Labute approximate surface area is 129 Å². The number of amides is 1. The van der Waals surface area contributed by atoms with Gasteiger partial charge in [-0.05, 0) is 30.7 Å². The molecule has 5 nitrogen and oxygen atoms in total. The summed E-state index contributed by atoms with van der Waals surface area (Å²) in [5, 5.41) is 0.443. The van der Waals surface area contributed by atoms with Crippen LogP contribution in [0.25, 0.3) is 11.0 Å². The summed E-state index contributed by atoms with van der Waals surface area (Å²) in [4.78, 5) is 30.6. The molecule has 1 aromatic carbocycles. The van der Waals surface area contributed by atoms with E-state index < -0.39 is 34.5 Å². The van der Waals surface area contributed by atoms with Crippen LogP contribution < -0.4 is 5.73 Å². The normalized spacial score (nSPS) is 10.9. The lowest BCUT2D eigenvalue weighted by atomic mass is 9.99. The molecule has 23 heavy (non-hydrogen) atoms. The third-order valence-corrected chi connectivity index (χ3v) is 3.50. The van der Waals surface area contributed by atoms with Gasteiger partial charge in [0.1, 0.15) is 17.3 Å². The maximum absolute atomic E-state index is 14.3. The largest absolute Gasteiger partial charge is 0.366 e. The number of primary amides is 1. The molecule has 116 valence electrons. The quantitative estimate of drug-likeness (QED) is 0.728. The van der Waals surface area contributed by atoms with E-state index in [1.165, 1.54) is 6.20 Å². The van der Waals surface area contributed by atoms with E-state index in [-0.39, 0.29) is 5.56 Å². The fourth-order valence-electron chi connectivity index (χ4n) is 2.38. The summed E-state index contributed by atoms with van der Waals surface area (Å²) in [6.45, 7) is 1.78. The summed E-state index contributed by atoms with van der Waals surface area (Å²) >= 11 is 0. The third kappa shape index (κ3) is 2.36. The molecule has 7 heteroatoms. The molecular weight excluding hydrogens is 304 g/mol. The summed E-state index contributed by atoms with van der Waals surface area (Å²) < 4.78 is 28.3. The van der Waals surface area contributed by atoms with Crippen molar-refractivity contribution < 1.29 is 18.4 Å². The van der Waals surface area contributed by atoms with Gasteiger partial charge in [-0.15, -0.1) is 0 Å². The van der Waals surface area contributed by atoms with Crippen LogP contribution in [0.2, 0.25) is 0 Å². The number of ketones is 1. The lowest BCUT2D eigenvalue weighted by molar-refractivity contribution is 0.0996. The van der Waals surface area contributed by atoms with E-state index >= 15 is 0 Å². The number of rotatable bonds is 3. The van der Waals surface area contributed by atoms with E-state index in [0.29, 0.717) is 11.0 Å². The molecule has 0 saturated heterocycles. The first-order chi connectivity index (χ1) is 10.9. The van der Waals surface area contributed by atoms with E-state index in [9.17, 15) is 18.4 Å². The highest BCUT2D eigenvalue weighted by molar-refractivity contribution is 6.16. The molecule has 3 N–H and O–H groups in total. The molecule has 0 aliphatic carbocycles. The summed E-state index contributed by atoms with van der Waals surface area (Å²) in [6.07, 6.45) is 2.93.